The van der Waals surface area contributed by atoms with Crippen LogP contribution in [0.2, 0.25) is 0 Å². The van der Waals surface area contributed by atoms with Crippen molar-refractivity contribution >= 4 is 17.7 Å². The van der Waals surface area contributed by atoms with Crippen molar-refractivity contribution in [3.8, 4) is 5.75 Å². The molecule has 1 amide bonds. The van der Waals surface area contributed by atoms with Crippen molar-refractivity contribution in [2.24, 2.45) is 0 Å². The van der Waals surface area contributed by atoms with Crippen LogP contribution in [0.4, 0.5) is 0 Å². The molecule has 0 saturated heterocycles. The molecule has 0 aliphatic carbocycles. The smallest absolute Gasteiger partial charge is 0.233 e. The number of nitrogens with one attached hydrogen (secondary N) is 1. The van der Waals surface area contributed by atoms with Gasteiger partial charge in [-0.1, -0.05) is 30.0 Å². The molecular formula is C18H22N2O2S. The number of pyridine rings is 1. The maximum absolute atomic E-state index is 12.3. The van der Waals surface area contributed by atoms with Gasteiger partial charge in [-0.05, 0) is 50.1 Å². The molecule has 5 heteroatoms. The standard InChI is InChI=1S/C18H22N2O2S/c1-13(11-15-7-6-8-16(12-15)22-3)20-18(21)14(2)23-17-9-4-5-10-19-17/h4-10,12-14H,11H2,1-3H3,(H,20,21)/t13-,14+/m1/s1. The number of carbonyl (C=O) groups is 1. The highest BCUT2D eigenvalue weighted by molar-refractivity contribution is 8.00. The first-order chi connectivity index (χ1) is 11.1. The summed E-state index contributed by atoms with van der Waals surface area (Å²) in [5.41, 5.74) is 1.14. The lowest BCUT2D eigenvalue weighted by atomic mass is 10.1. The minimum absolute atomic E-state index is 0.0241. The fourth-order valence-electron chi connectivity index (χ4n) is 2.22. The zero-order valence-corrected chi connectivity index (χ0v) is 14.5. The van der Waals surface area contributed by atoms with Crippen molar-refractivity contribution in [3.05, 3.63) is 54.2 Å². The van der Waals surface area contributed by atoms with Crippen LogP contribution in [0.5, 0.6) is 5.75 Å². The predicted molar refractivity (Wildman–Crippen MR) is 93.9 cm³/mol. The fraction of sp³-hybridized carbons (Fsp3) is 0.333. The number of aromatic nitrogens is 1. The molecule has 0 unspecified atom stereocenters. The molecule has 0 aliphatic rings. The third-order valence-electron chi connectivity index (χ3n) is 3.37. The lowest BCUT2D eigenvalue weighted by Crippen LogP contribution is -2.38. The average Bonchev–Trinajstić information content (AvgIpc) is 2.55. The van der Waals surface area contributed by atoms with E-state index in [0.29, 0.717) is 0 Å². The Morgan fingerprint density at radius 3 is 2.78 bits per heavy atom. The molecule has 0 saturated carbocycles. The van der Waals surface area contributed by atoms with Crippen molar-refractivity contribution in [1.82, 2.24) is 10.3 Å². The second-order valence-corrected chi connectivity index (χ2v) is 6.75. The fourth-order valence-corrected chi connectivity index (χ4v) is 3.03. The van der Waals surface area contributed by atoms with Gasteiger partial charge < -0.3 is 10.1 Å². The molecule has 1 aromatic carbocycles. The summed E-state index contributed by atoms with van der Waals surface area (Å²) in [6, 6.07) is 13.7. The Kier molecular flexibility index (Phi) is 6.47. The molecule has 122 valence electrons. The SMILES string of the molecule is COc1cccc(C[C@@H](C)NC(=O)[C@H](C)Sc2ccccn2)c1. The van der Waals surface area contributed by atoms with Crippen LogP contribution in [-0.2, 0) is 11.2 Å². The number of ether oxygens (including phenoxy) is 1. The van der Waals surface area contributed by atoms with Crippen LogP contribution in [0, 0.1) is 0 Å². The molecule has 1 N–H and O–H groups in total. The molecule has 1 aromatic heterocycles. The van der Waals surface area contributed by atoms with Crippen molar-refractivity contribution in [1.29, 1.82) is 0 Å². The van der Waals surface area contributed by atoms with Crippen LogP contribution in [-0.4, -0.2) is 29.3 Å². The van der Waals surface area contributed by atoms with Crippen molar-refractivity contribution < 1.29 is 9.53 Å². The summed E-state index contributed by atoms with van der Waals surface area (Å²) < 4.78 is 5.22. The Morgan fingerprint density at radius 1 is 1.26 bits per heavy atom. The van der Waals surface area contributed by atoms with Gasteiger partial charge in [-0.2, -0.15) is 0 Å². The molecule has 2 rings (SSSR count). The summed E-state index contributed by atoms with van der Waals surface area (Å²) >= 11 is 1.46. The van der Waals surface area contributed by atoms with E-state index in [-0.39, 0.29) is 17.2 Å². The number of thioether (sulfide) groups is 1. The molecule has 1 heterocycles. The predicted octanol–water partition coefficient (Wildman–Crippen LogP) is 3.32. The minimum Gasteiger partial charge on any atom is -0.497 e. The largest absolute Gasteiger partial charge is 0.497 e. The van der Waals surface area contributed by atoms with Gasteiger partial charge >= 0.3 is 0 Å². The van der Waals surface area contributed by atoms with Gasteiger partial charge in [-0.25, -0.2) is 4.98 Å². The molecule has 0 aliphatic heterocycles. The Morgan fingerprint density at radius 2 is 2.09 bits per heavy atom. The highest BCUT2D eigenvalue weighted by Crippen LogP contribution is 2.20. The van der Waals surface area contributed by atoms with Crippen LogP contribution in [0.1, 0.15) is 19.4 Å². The Bertz CT molecular complexity index is 634. The molecule has 2 aromatic rings. The first-order valence-electron chi connectivity index (χ1n) is 7.59. The van der Waals surface area contributed by atoms with E-state index in [1.165, 1.54) is 11.8 Å². The van der Waals surface area contributed by atoms with Crippen molar-refractivity contribution in [2.75, 3.05) is 7.11 Å². The second-order valence-electron chi connectivity index (χ2n) is 5.39. The first-order valence-corrected chi connectivity index (χ1v) is 8.47. The van der Waals surface area contributed by atoms with Gasteiger partial charge in [0.05, 0.1) is 17.4 Å². The molecule has 23 heavy (non-hydrogen) atoms. The van der Waals surface area contributed by atoms with E-state index in [4.69, 9.17) is 4.74 Å². The molecule has 4 nitrogen and oxygen atoms in total. The van der Waals surface area contributed by atoms with E-state index in [2.05, 4.69) is 10.3 Å². The molecule has 0 bridgehead atoms. The van der Waals surface area contributed by atoms with Gasteiger partial charge in [0, 0.05) is 12.2 Å². The number of rotatable bonds is 7. The van der Waals surface area contributed by atoms with Crippen LogP contribution in [0.3, 0.4) is 0 Å². The van der Waals surface area contributed by atoms with Crippen LogP contribution in [0.25, 0.3) is 0 Å². The third kappa shape index (κ3) is 5.60. The molecule has 2 atom stereocenters. The van der Waals surface area contributed by atoms with Crippen LogP contribution >= 0.6 is 11.8 Å². The number of benzene rings is 1. The Hall–Kier alpha value is -2.01. The number of carbonyl (C=O) groups excluding carboxylic acids is 1. The summed E-state index contributed by atoms with van der Waals surface area (Å²) in [4.78, 5) is 16.5. The number of nitrogens with zero attached hydrogens (tertiary/aromatic N) is 1. The van der Waals surface area contributed by atoms with Gasteiger partial charge in [0.25, 0.3) is 0 Å². The summed E-state index contributed by atoms with van der Waals surface area (Å²) in [5, 5.41) is 3.73. The first kappa shape index (κ1) is 17.3. The van der Waals surface area contributed by atoms with E-state index in [9.17, 15) is 4.79 Å². The molecule has 0 radical (unpaired) electrons. The number of methoxy groups -OCH3 is 1. The average molecular weight is 330 g/mol. The number of hydrogen-bond donors (Lipinski definition) is 1. The van der Waals surface area contributed by atoms with Crippen LogP contribution in [0.15, 0.2) is 53.7 Å². The topological polar surface area (TPSA) is 51.2 Å². The monoisotopic (exact) mass is 330 g/mol. The quantitative estimate of drug-likeness (QED) is 0.791. The lowest BCUT2D eigenvalue weighted by molar-refractivity contribution is -0.120. The maximum Gasteiger partial charge on any atom is 0.233 e. The van der Waals surface area contributed by atoms with Gasteiger partial charge in [0.15, 0.2) is 0 Å². The maximum atomic E-state index is 12.3. The van der Waals surface area contributed by atoms with E-state index >= 15 is 0 Å². The second kappa shape index (κ2) is 8.58. The normalized spacial score (nSPS) is 13.2. The number of hydrogen-bond acceptors (Lipinski definition) is 4. The highest BCUT2D eigenvalue weighted by atomic mass is 32.2. The zero-order chi connectivity index (χ0) is 16.7. The zero-order valence-electron chi connectivity index (χ0n) is 13.7. The van der Waals surface area contributed by atoms with Gasteiger partial charge in [0.1, 0.15) is 5.75 Å². The summed E-state index contributed by atoms with van der Waals surface area (Å²) in [6.45, 7) is 3.91. The molecular weight excluding hydrogens is 308 g/mol. The summed E-state index contributed by atoms with van der Waals surface area (Å²) in [6.07, 6.45) is 2.50. The summed E-state index contributed by atoms with van der Waals surface area (Å²) in [7, 11) is 1.65. The molecule has 0 spiro atoms. The minimum atomic E-state index is -0.183. The van der Waals surface area contributed by atoms with Crippen LogP contribution < -0.4 is 10.1 Å². The van der Waals surface area contributed by atoms with E-state index in [0.717, 1.165) is 22.8 Å². The van der Waals surface area contributed by atoms with E-state index in [1.54, 1.807) is 13.3 Å². The van der Waals surface area contributed by atoms with E-state index in [1.807, 2.05) is 56.3 Å². The number of amides is 1. The highest BCUT2D eigenvalue weighted by Gasteiger charge is 2.17. The Labute approximate surface area is 141 Å². The van der Waals surface area contributed by atoms with Crippen molar-refractivity contribution in [3.63, 3.8) is 0 Å². The third-order valence-corrected chi connectivity index (χ3v) is 4.42. The van der Waals surface area contributed by atoms with Gasteiger partial charge in [-0.3, -0.25) is 4.79 Å². The Balaban J connectivity index is 1.86. The van der Waals surface area contributed by atoms with E-state index < -0.39 is 0 Å². The van der Waals surface area contributed by atoms with Gasteiger partial charge in [0.2, 0.25) is 5.91 Å². The lowest BCUT2D eigenvalue weighted by Gasteiger charge is -2.17. The van der Waals surface area contributed by atoms with Gasteiger partial charge in [-0.15, -0.1) is 0 Å². The summed E-state index contributed by atoms with van der Waals surface area (Å²) in [5.74, 6) is 0.858. The molecule has 0 fully saturated rings. The van der Waals surface area contributed by atoms with Crippen molar-refractivity contribution in [2.45, 2.75) is 36.6 Å².